The lowest BCUT2D eigenvalue weighted by Crippen LogP contribution is -2.34. The van der Waals surface area contributed by atoms with Crippen molar-refractivity contribution in [3.05, 3.63) is 23.8 Å². The van der Waals surface area contributed by atoms with Crippen LogP contribution in [0, 0.1) is 5.92 Å². The summed E-state index contributed by atoms with van der Waals surface area (Å²) in [5, 5.41) is 0. The molecule has 0 aromatic heterocycles. The molecule has 1 aromatic rings. The highest BCUT2D eigenvalue weighted by Crippen LogP contribution is 2.27. The first-order valence-corrected chi connectivity index (χ1v) is 9.51. The monoisotopic (exact) mass is 324 g/mol. The Hall–Kier alpha value is -1.11. The highest BCUT2D eigenvalue weighted by Gasteiger charge is 2.21. The van der Waals surface area contributed by atoms with Crippen molar-refractivity contribution in [1.82, 2.24) is 9.62 Å². The van der Waals surface area contributed by atoms with Gasteiger partial charge in [0.2, 0.25) is 10.0 Å². The topological polar surface area (TPSA) is 58.6 Å². The molecular formula is C16H24N2O3S. The zero-order valence-electron chi connectivity index (χ0n) is 13.0. The maximum absolute atomic E-state index is 12.4. The number of fused-ring (bicyclic) bond motifs is 1. The maximum atomic E-state index is 12.4. The van der Waals surface area contributed by atoms with Crippen molar-refractivity contribution in [2.24, 2.45) is 5.92 Å². The normalized spacial score (nSPS) is 19.9. The summed E-state index contributed by atoms with van der Waals surface area (Å²) in [4.78, 5) is 2.75. The predicted octanol–water partition coefficient (Wildman–Crippen LogP) is 1.63. The molecule has 3 rings (SSSR count). The van der Waals surface area contributed by atoms with E-state index in [-0.39, 0.29) is 0 Å². The Morgan fingerprint density at radius 1 is 1.32 bits per heavy atom. The molecule has 1 saturated heterocycles. The first kappa shape index (κ1) is 15.8. The van der Waals surface area contributed by atoms with E-state index in [0.717, 1.165) is 37.4 Å². The molecule has 0 bridgehead atoms. The second-order valence-electron chi connectivity index (χ2n) is 6.33. The molecule has 22 heavy (non-hydrogen) atoms. The molecule has 122 valence electrons. The van der Waals surface area contributed by atoms with E-state index in [1.165, 1.54) is 12.8 Å². The van der Waals surface area contributed by atoms with Crippen LogP contribution in [0.25, 0.3) is 0 Å². The van der Waals surface area contributed by atoms with Crippen molar-refractivity contribution in [3.8, 4) is 5.75 Å². The summed E-state index contributed by atoms with van der Waals surface area (Å²) in [6.07, 6.45) is 3.30. The lowest BCUT2D eigenvalue weighted by molar-refractivity contribution is 0.288. The minimum atomic E-state index is -3.43. The van der Waals surface area contributed by atoms with Gasteiger partial charge in [0, 0.05) is 19.5 Å². The lowest BCUT2D eigenvalue weighted by atomic mass is 10.2. The van der Waals surface area contributed by atoms with Gasteiger partial charge in [-0.3, -0.25) is 0 Å². The number of nitrogens with zero attached hydrogens (tertiary/aromatic N) is 1. The Morgan fingerprint density at radius 2 is 2.09 bits per heavy atom. The third-order valence-corrected chi connectivity index (χ3v) is 5.78. The fourth-order valence-corrected chi connectivity index (χ4v) is 4.35. The second-order valence-corrected chi connectivity index (χ2v) is 8.10. The van der Waals surface area contributed by atoms with Crippen molar-refractivity contribution in [2.45, 2.75) is 31.1 Å². The van der Waals surface area contributed by atoms with Gasteiger partial charge < -0.3 is 9.64 Å². The summed E-state index contributed by atoms with van der Waals surface area (Å²) in [6, 6.07) is 5.11. The molecule has 1 N–H and O–H groups in total. The molecule has 1 fully saturated rings. The number of rotatable bonds is 6. The zero-order chi connectivity index (χ0) is 15.6. The molecule has 0 spiro atoms. The summed E-state index contributed by atoms with van der Waals surface area (Å²) < 4.78 is 33.0. The molecule has 1 atom stereocenters. The van der Waals surface area contributed by atoms with Gasteiger partial charge in [-0.05, 0) is 55.6 Å². The number of hydrogen-bond donors (Lipinski definition) is 1. The van der Waals surface area contributed by atoms with Crippen molar-refractivity contribution in [3.63, 3.8) is 0 Å². The molecule has 1 aromatic carbocycles. The first-order valence-electron chi connectivity index (χ1n) is 8.02. The van der Waals surface area contributed by atoms with Crippen LogP contribution < -0.4 is 9.46 Å². The van der Waals surface area contributed by atoms with Crippen molar-refractivity contribution >= 4 is 10.0 Å². The highest BCUT2D eigenvalue weighted by atomic mass is 32.2. The summed E-state index contributed by atoms with van der Waals surface area (Å²) in [5.74, 6) is 1.12. The first-order chi connectivity index (χ1) is 10.5. The minimum Gasteiger partial charge on any atom is -0.493 e. The number of sulfonamides is 1. The maximum Gasteiger partial charge on any atom is 0.240 e. The number of hydrogen-bond acceptors (Lipinski definition) is 4. The number of nitrogens with one attached hydrogen (secondary N) is 1. The SMILES string of the molecule is C[C@H](CNS(=O)(=O)c1ccc2c(c1)CCO2)CN1CCCC1. The highest BCUT2D eigenvalue weighted by molar-refractivity contribution is 7.89. The van der Waals surface area contributed by atoms with Gasteiger partial charge in [0.15, 0.2) is 0 Å². The second kappa shape index (κ2) is 6.56. The molecule has 0 amide bonds. The molecule has 2 aliphatic rings. The van der Waals surface area contributed by atoms with Gasteiger partial charge in [-0.2, -0.15) is 0 Å². The minimum absolute atomic E-state index is 0.311. The van der Waals surface area contributed by atoms with E-state index in [1.807, 2.05) is 0 Å². The average Bonchev–Trinajstić information content (AvgIpc) is 3.15. The molecule has 2 heterocycles. The van der Waals surface area contributed by atoms with E-state index in [9.17, 15) is 8.42 Å². The van der Waals surface area contributed by atoms with Crippen molar-refractivity contribution in [2.75, 3.05) is 32.8 Å². The molecule has 0 saturated carbocycles. The van der Waals surface area contributed by atoms with Crippen molar-refractivity contribution in [1.29, 1.82) is 0 Å². The Balaban J connectivity index is 1.58. The zero-order valence-corrected chi connectivity index (χ0v) is 13.9. The summed E-state index contributed by atoms with van der Waals surface area (Å²) >= 11 is 0. The Labute approximate surface area is 132 Å². The Kier molecular flexibility index (Phi) is 4.70. The Bertz CT molecular complexity index is 624. The summed E-state index contributed by atoms with van der Waals surface area (Å²) in [5.41, 5.74) is 0.980. The standard InChI is InChI=1S/C16H24N2O3S/c1-13(12-18-7-2-3-8-18)11-17-22(19,20)15-4-5-16-14(10-15)6-9-21-16/h4-5,10,13,17H,2-3,6-9,11-12H2,1H3/t13-/m1/s1. The van der Waals surface area contributed by atoms with Crippen LogP contribution in [0.1, 0.15) is 25.3 Å². The van der Waals surface area contributed by atoms with Crippen LogP contribution in [-0.2, 0) is 16.4 Å². The smallest absolute Gasteiger partial charge is 0.240 e. The lowest BCUT2D eigenvalue weighted by Gasteiger charge is -2.20. The van der Waals surface area contributed by atoms with Crippen LogP contribution in [0.3, 0.4) is 0 Å². The number of benzene rings is 1. The fourth-order valence-electron chi connectivity index (χ4n) is 3.14. The van der Waals surface area contributed by atoms with Crippen LogP contribution in [0.5, 0.6) is 5.75 Å². The quantitative estimate of drug-likeness (QED) is 0.864. The van der Waals surface area contributed by atoms with Gasteiger partial charge in [0.25, 0.3) is 0 Å². The van der Waals surface area contributed by atoms with E-state index in [0.29, 0.717) is 24.0 Å². The van der Waals surface area contributed by atoms with Gasteiger partial charge in [-0.25, -0.2) is 13.1 Å². The van der Waals surface area contributed by atoms with Crippen LogP contribution in [0.4, 0.5) is 0 Å². The van der Waals surface area contributed by atoms with E-state index >= 15 is 0 Å². The van der Waals surface area contributed by atoms with Crippen LogP contribution in [-0.4, -0.2) is 46.1 Å². The molecule has 5 nitrogen and oxygen atoms in total. The Morgan fingerprint density at radius 3 is 2.86 bits per heavy atom. The summed E-state index contributed by atoms with van der Waals surface area (Å²) in [7, 11) is -3.43. The van der Waals surface area contributed by atoms with Gasteiger partial charge in [0.1, 0.15) is 5.75 Å². The van der Waals surface area contributed by atoms with Gasteiger partial charge >= 0.3 is 0 Å². The molecule has 0 aliphatic carbocycles. The van der Waals surface area contributed by atoms with Gasteiger partial charge in [-0.15, -0.1) is 0 Å². The molecular weight excluding hydrogens is 300 g/mol. The fraction of sp³-hybridized carbons (Fsp3) is 0.625. The van der Waals surface area contributed by atoms with E-state index in [4.69, 9.17) is 4.74 Å². The van der Waals surface area contributed by atoms with Gasteiger partial charge in [0.05, 0.1) is 11.5 Å². The van der Waals surface area contributed by atoms with Crippen LogP contribution in [0.15, 0.2) is 23.1 Å². The van der Waals surface area contributed by atoms with E-state index in [1.54, 1.807) is 18.2 Å². The molecule has 0 unspecified atom stereocenters. The summed E-state index contributed by atoms with van der Waals surface area (Å²) in [6.45, 7) is 6.45. The van der Waals surface area contributed by atoms with E-state index < -0.39 is 10.0 Å². The molecule has 2 aliphatic heterocycles. The predicted molar refractivity (Wildman–Crippen MR) is 85.7 cm³/mol. The number of likely N-dealkylation sites (tertiary alicyclic amines) is 1. The third-order valence-electron chi connectivity index (χ3n) is 4.36. The van der Waals surface area contributed by atoms with Gasteiger partial charge in [-0.1, -0.05) is 6.92 Å². The molecule has 6 heteroatoms. The largest absolute Gasteiger partial charge is 0.493 e. The van der Waals surface area contributed by atoms with Crippen LogP contribution in [0.2, 0.25) is 0 Å². The van der Waals surface area contributed by atoms with E-state index in [2.05, 4.69) is 16.5 Å². The van der Waals surface area contributed by atoms with Crippen LogP contribution >= 0.6 is 0 Å². The van der Waals surface area contributed by atoms with Crippen molar-refractivity contribution < 1.29 is 13.2 Å². The number of ether oxygens (including phenoxy) is 1. The average molecular weight is 324 g/mol. The molecule has 0 radical (unpaired) electrons. The third kappa shape index (κ3) is 3.62.